The molecular formula is C45H57N5O10S. The van der Waals surface area contributed by atoms with E-state index < -0.39 is 42.3 Å². The lowest BCUT2D eigenvalue weighted by Gasteiger charge is -2.20. The second-order valence-electron chi connectivity index (χ2n) is 16.0. The van der Waals surface area contributed by atoms with Crippen LogP contribution in [0.5, 0.6) is 0 Å². The molecule has 1 amide bonds. The molecule has 0 saturated carbocycles. The third kappa shape index (κ3) is 9.72. The average molecular weight is 860 g/mol. The Morgan fingerprint density at radius 1 is 0.951 bits per heavy atom. The highest BCUT2D eigenvalue weighted by molar-refractivity contribution is 7.99. The maximum atomic E-state index is 14.2. The van der Waals surface area contributed by atoms with Crippen LogP contribution < -0.4 is 0 Å². The molecule has 8 bridgehead atoms. The molecule has 0 spiro atoms. The van der Waals surface area contributed by atoms with Crippen LogP contribution >= 0.6 is 11.8 Å². The van der Waals surface area contributed by atoms with Crippen molar-refractivity contribution in [3.63, 3.8) is 0 Å². The third-order valence-corrected chi connectivity index (χ3v) is 12.9. The largest absolute Gasteiger partial charge is 0.465 e. The van der Waals surface area contributed by atoms with Gasteiger partial charge in [-0.15, -0.1) is 0 Å². The maximum Gasteiger partial charge on any atom is 0.340 e. The van der Waals surface area contributed by atoms with E-state index in [-0.39, 0.29) is 31.5 Å². The number of aliphatic hydroxyl groups excluding tert-OH is 2. The van der Waals surface area contributed by atoms with Gasteiger partial charge in [0.2, 0.25) is 5.91 Å². The Morgan fingerprint density at radius 2 is 1.64 bits per heavy atom. The van der Waals surface area contributed by atoms with Gasteiger partial charge in [0.05, 0.1) is 37.1 Å². The molecule has 0 radical (unpaired) electrons. The molecule has 3 aliphatic heterocycles. The van der Waals surface area contributed by atoms with Gasteiger partial charge in [-0.25, -0.2) is 9.78 Å². The van der Waals surface area contributed by atoms with Gasteiger partial charge in [-0.05, 0) is 86.2 Å². The molecule has 0 aromatic carbocycles. The molecule has 61 heavy (non-hydrogen) atoms. The highest BCUT2D eigenvalue weighted by Crippen LogP contribution is 2.37. The van der Waals surface area contributed by atoms with E-state index in [4.69, 9.17) is 28.9 Å². The number of amides is 1. The Hall–Kier alpha value is -5.03. The van der Waals surface area contributed by atoms with Gasteiger partial charge in [-0.2, -0.15) is 11.8 Å². The standard InChI is InChI=1S/C45H57N5O10S/c1-10-28-23(3)33-17-37-30(19-51)24(4)32(48-37)16-31-22(2)14-35(46-31)29(42-41(45(56)57-9)25(5)34(49-42)18-36(28)47-33)15-40(54)50(8)12-11-13-61-21-39-44(59-27(7)53)43(55)38(60-39)20-58-26(6)52/h16-18,22,38-39,43-44,47-48,51,55H,10-15,19-21H2,1-9H3. The smallest absolute Gasteiger partial charge is 0.340 e. The summed E-state index contributed by atoms with van der Waals surface area (Å²) in [6.07, 6.45) is -1.68. The SMILES string of the molecule is CCc1c(C)c2cc3[nH]c(cc4nc(c(CC(=O)N(C)CCCSCC5OC(COC(C)=O)C(O)C5OC(C)=O)c5nc(cc1[nH]2)C(C)=C5C(=O)OC)CC4C)c(C)c3CO. The monoisotopic (exact) mass is 859 g/mol. The Bertz CT molecular complexity index is 2400. The Kier molecular flexibility index (Phi) is 14.4. The number of aromatic nitrogens is 4. The minimum absolute atomic E-state index is 0.0239. The summed E-state index contributed by atoms with van der Waals surface area (Å²) in [5, 5.41) is 21.2. The first kappa shape index (κ1) is 45.5. The fourth-order valence-electron chi connectivity index (χ4n) is 8.29. The summed E-state index contributed by atoms with van der Waals surface area (Å²) in [4.78, 5) is 69.9. The number of carbonyl (C=O) groups excluding carboxylic acids is 4. The van der Waals surface area contributed by atoms with Crippen LogP contribution in [-0.2, 0) is 64.0 Å². The van der Waals surface area contributed by atoms with Crippen LogP contribution in [0, 0.1) is 13.8 Å². The second-order valence-corrected chi connectivity index (χ2v) is 17.1. The number of nitrogens with zero attached hydrogens (tertiary/aromatic N) is 3. The number of fused-ring (bicyclic) bond motifs is 8. The average Bonchev–Trinajstić information content (AvgIpc) is 3.98. The number of aryl methyl sites for hydroxylation is 3. The minimum Gasteiger partial charge on any atom is -0.465 e. The first-order valence-electron chi connectivity index (χ1n) is 20.7. The molecule has 16 heteroatoms. The molecule has 5 unspecified atom stereocenters. The van der Waals surface area contributed by atoms with Crippen molar-refractivity contribution in [1.82, 2.24) is 24.8 Å². The zero-order chi connectivity index (χ0) is 44.3. The Balaban J connectivity index is 1.33. The van der Waals surface area contributed by atoms with Gasteiger partial charge in [0, 0.05) is 83.7 Å². The molecule has 15 nitrogen and oxygen atoms in total. The summed E-state index contributed by atoms with van der Waals surface area (Å²) in [5.74, 6) is -0.786. The summed E-state index contributed by atoms with van der Waals surface area (Å²) in [5.41, 5.74) is 11.1. The fraction of sp³-hybridized carbons (Fsp3) is 0.511. The lowest BCUT2D eigenvalue weighted by atomic mass is 9.96. The van der Waals surface area contributed by atoms with E-state index in [0.29, 0.717) is 64.7 Å². The summed E-state index contributed by atoms with van der Waals surface area (Å²) in [6.45, 7) is 12.7. The fourth-order valence-corrected chi connectivity index (χ4v) is 9.29. The van der Waals surface area contributed by atoms with Crippen molar-refractivity contribution >= 4 is 68.8 Å². The lowest BCUT2D eigenvalue weighted by Crippen LogP contribution is -2.38. The number of ether oxygens (including phenoxy) is 4. The van der Waals surface area contributed by atoms with E-state index in [2.05, 4.69) is 30.7 Å². The second kappa shape index (κ2) is 19.3. The molecule has 5 atom stereocenters. The van der Waals surface area contributed by atoms with Crippen LogP contribution in [0.25, 0.3) is 33.2 Å². The van der Waals surface area contributed by atoms with Gasteiger partial charge >= 0.3 is 17.9 Å². The normalized spacial score (nSPS) is 19.9. The number of esters is 3. The van der Waals surface area contributed by atoms with Gasteiger partial charge < -0.3 is 44.0 Å². The predicted molar refractivity (Wildman–Crippen MR) is 233 cm³/mol. The van der Waals surface area contributed by atoms with Crippen molar-refractivity contribution in [1.29, 1.82) is 0 Å². The van der Waals surface area contributed by atoms with Crippen molar-refractivity contribution in [2.24, 2.45) is 0 Å². The number of H-pyrrole nitrogens is 2. The van der Waals surface area contributed by atoms with E-state index in [1.807, 2.05) is 32.0 Å². The van der Waals surface area contributed by atoms with Gasteiger partial charge in [0.1, 0.15) is 24.9 Å². The van der Waals surface area contributed by atoms with Gasteiger partial charge in [-0.3, -0.25) is 19.4 Å². The van der Waals surface area contributed by atoms with Crippen molar-refractivity contribution in [2.75, 3.05) is 38.8 Å². The molecule has 3 aromatic rings. The first-order valence-corrected chi connectivity index (χ1v) is 21.8. The molecule has 1 saturated heterocycles. The Morgan fingerprint density at radius 3 is 2.30 bits per heavy atom. The quantitative estimate of drug-likeness (QED) is 0.0938. The molecule has 328 valence electrons. The number of nitrogens with one attached hydrogen (secondary N) is 2. The molecule has 1 fully saturated rings. The van der Waals surface area contributed by atoms with Gasteiger partial charge in [0.25, 0.3) is 0 Å². The van der Waals surface area contributed by atoms with E-state index in [9.17, 15) is 29.4 Å². The molecular weight excluding hydrogens is 803 g/mol. The minimum atomic E-state index is -1.15. The zero-order valence-corrected chi connectivity index (χ0v) is 37.2. The summed E-state index contributed by atoms with van der Waals surface area (Å²) < 4.78 is 21.7. The Labute approximate surface area is 359 Å². The first-order chi connectivity index (χ1) is 29.1. The number of rotatable bonds is 14. The van der Waals surface area contributed by atoms with E-state index in [1.54, 1.807) is 11.9 Å². The number of likely N-dealkylation sites (N-methyl/N-ethyl adjacent to an activating group) is 1. The summed E-state index contributed by atoms with van der Waals surface area (Å²) >= 11 is 1.53. The van der Waals surface area contributed by atoms with Crippen molar-refractivity contribution in [3.8, 4) is 0 Å². The molecule has 4 N–H and O–H groups in total. The van der Waals surface area contributed by atoms with Crippen LogP contribution in [-0.4, -0.2) is 122 Å². The van der Waals surface area contributed by atoms with Crippen LogP contribution in [0.3, 0.4) is 0 Å². The van der Waals surface area contributed by atoms with E-state index in [1.165, 1.54) is 32.7 Å². The van der Waals surface area contributed by atoms with Gasteiger partial charge in [-0.1, -0.05) is 13.8 Å². The molecule has 3 aliphatic rings. The number of aromatic amines is 2. The number of thioether (sulfide) groups is 1. The number of methoxy groups -OCH3 is 1. The zero-order valence-electron chi connectivity index (χ0n) is 36.4. The van der Waals surface area contributed by atoms with Crippen molar-refractivity contribution in [2.45, 2.75) is 111 Å². The van der Waals surface area contributed by atoms with Crippen LogP contribution in [0.15, 0.2) is 18.2 Å². The van der Waals surface area contributed by atoms with E-state index in [0.717, 1.165) is 56.4 Å². The summed E-state index contributed by atoms with van der Waals surface area (Å²) in [7, 11) is 3.07. The topological polar surface area (TPSA) is 206 Å². The lowest BCUT2D eigenvalue weighted by molar-refractivity contribution is -0.152. The van der Waals surface area contributed by atoms with Gasteiger partial charge in [0.15, 0.2) is 6.10 Å². The number of allylic oxidation sites excluding steroid dienone is 1. The highest BCUT2D eigenvalue weighted by atomic mass is 32.2. The van der Waals surface area contributed by atoms with Crippen LogP contribution in [0.4, 0.5) is 0 Å². The molecule has 3 aromatic heterocycles. The van der Waals surface area contributed by atoms with Crippen LogP contribution in [0.1, 0.15) is 97.6 Å². The number of hydrogen-bond donors (Lipinski definition) is 4. The highest BCUT2D eigenvalue weighted by Gasteiger charge is 2.46. The number of hydrogen-bond acceptors (Lipinski definition) is 13. The maximum absolute atomic E-state index is 14.2. The van der Waals surface area contributed by atoms with Crippen molar-refractivity contribution < 1.29 is 48.3 Å². The number of aliphatic hydroxyl groups is 2. The molecule has 6 rings (SSSR count). The molecule has 0 aliphatic carbocycles. The molecule has 6 heterocycles. The number of carbonyl (C=O) groups is 4. The van der Waals surface area contributed by atoms with E-state index >= 15 is 0 Å². The summed E-state index contributed by atoms with van der Waals surface area (Å²) in [6, 6.07) is 5.96. The third-order valence-electron chi connectivity index (χ3n) is 11.8. The predicted octanol–water partition coefficient (Wildman–Crippen LogP) is 5.18. The van der Waals surface area contributed by atoms with Crippen molar-refractivity contribution in [3.05, 3.63) is 68.8 Å². The van der Waals surface area contributed by atoms with Crippen LogP contribution in [0.2, 0.25) is 0 Å².